The summed E-state index contributed by atoms with van der Waals surface area (Å²) in [7, 11) is -3.46. The van der Waals surface area contributed by atoms with Crippen LogP contribution in [0.3, 0.4) is 0 Å². The molecule has 0 aromatic heterocycles. The lowest BCUT2D eigenvalue weighted by atomic mass is 9.97. The third kappa shape index (κ3) is 3.05. The first-order valence-corrected chi connectivity index (χ1v) is 8.52. The van der Waals surface area contributed by atoms with Gasteiger partial charge in [-0.15, -0.1) is 0 Å². The summed E-state index contributed by atoms with van der Waals surface area (Å²) in [5.74, 6) is -0.385. The van der Waals surface area contributed by atoms with Crippen LogP contribution >= 0.6 is 0 Å². The van der Waals surface area contributed by atoms with Crippen LogP contribution in [0, 0.1) is 0 Å². The van der Waals surface area contributed by atoms with E-state index in [1.54, 1.807) is 12.1 Å². The molecular weight excluding hydrogens is 284 g/mol. The van der Waals surface area contributed by atoms with E-state index >= 15 is 0 Å². The van der Waals surface area contributed by atoms with Gasteiger partial charge >= 0.3 is 0 Å². The fourth-order valence-corrected chi connectivity index (χ4v) is 2.42. The lowest BCUT2D eigenvalue weighted by Crippen LogP contribution is -2.39. The fraction of sp³-hybridized carbons (Fsp3) is 0.235. The molecule has 0 fully saturated rings. The second-order valence-electron chi connectivity index (χ2n) is 5.55. The van der Waals surface area contributed by atoms with Crippen LogP contribution in [0.4, 0.5) is 0 Å². The Morgan fingerprint density at radius 2 is 1.33 bits per heavy atom. The zero-order chi connectivity index (χ0) is 15.7. The Labute approximate surface area is 125 Å². The third-order valence-corrected chi connectivity index (χ3v) is 5.77. The normalized spacial score (nSPS) is 12.1. The molecule has 0 heterocycles. The summed E-state index contributed by atoms with van der Waals surface area (Å²) >= 11 is 0. The van der Waals surface area contributed by atoms with Crippen molar-refractivity contribution in [1.82, 2.24) is 0 Å². The predicted molar refractivity (Wildman–Crippen MR) is 85.1 cm³/mol. The van der Waals surface area contributed by atoms with Crippen molar-refractivity contribution in [3.8, 4) is 11.1 Å². The van der Waals surface area contributed by atoms with Crippen LogP contribution in [0.1, 0.15) is 24.2 Å². The highest BCUT2D eigenvalue weighted by atomic mass is 32.2. The Balaban J connectivity index is 2.34. The topological polar surface area (TPSA) is 51.2 Å². The SMILES string of the molecule is CC(C)(C(=O)c1ccc(-c2ccccc2)cc1)S(C)(=O)=O. The van der Waals surface area contributed by atoms with Gasteiger partial charge in [0.2, 0.25) is 0 Å². The minimum absolute atomic E-state index is 0.385. The van der Waals surface area contributed by atoms with E-state index < -0.39 is 14.6 Å². The van der Waals surface area contributed by atoms with Gasteiger partial charge in [0, 0.05) is 11.8 Å². The van der Waals surface area contributed by atoms with Gasteiger partial charge in [0.05, 0.1) is 0 Å². The smallest absolute Gasteiger partial charge is 0.183 e. The van der Waals surface area contributed by atoms with Gasteiger partial charge < -0.3 is 0 Å². The molecule has 0 spiro atoms. The molecular formula is C17H18O3S. The fourth-order valence-electron chi connectivity index (χ4n) is 1.96. The predicted octanol–water partition coefficient (Wildman–Crippen LogP) is 3.36. The molecule has 0 bridgehead atoms. The molecule has 0 N–H and O–H groups in total. The van der Waals surface area contributed by atoms with Gasteiger partial charge in [-0.1, -0.05) is 54.6 Å². The summed E-state index contributed by atoms with van der Waals surface area (Å²) in [4.78, 5) is 12.4. The quantitative estimate of drug-likeness (QED) is 0.814. The molecule has 0 atom stereocenters. The van der Waals surface area contributed by atoms with Crippen molar-refractivity contribution in [3.05, 3.63) is 60.2 Å². The van der Waals surface area contributed by atoms with E-state index in [4.69, 9.17) is 0 Å². The van der Waals surface area contributed by atoms with Crippen LogP contribution in [0.5, 0.6) is 0 Å². The molecule has 0 aliphatic carbocycles. The minimum atomic E-state index is -3.46. The van der Waals surface area contributed by atoms with Crippen molar-refractivity contribution in [2.24, 2.45) is 0 Å². The monoisotopic (exact) mass is 302 g/mol. The lowest BCUT2D eigenvalue weighted by molar-refractivity contribution is 0.0954. The van der Waals surface area contributed by atoms with Gasteiger partial charge in [-0.3, -0.25) is 4.79 Å². The molecule has 2 rings (SSSR count). The van der Waals surface area contributed by atoms with E-state index in [2.05, 4.69) is 0 Å². The molecule has 110 valence electrons. The highest BCUT2D eigenvalue weighted by Crippen LogP contribution is 2.24. The van der Waals surface area contributed by atoms with Gasteiger partial charge in [0.1, 0.15) is 4.75 Å². The number of hydrogen-bond acceptors (Lipinski definition) is 3. The van der Waals surface area contributed by atoms with Crippen LogP contribution in [-0.4, -0.2) is 25.2 Å². The zero-order valence-corrected chi connectivity index (χ0v) is 13.1. The first kappa shape index (κ1) is 15.4. The highest BCUT2D eigenvalue weighted by molar-refractivity contribution is 7.92. The van der Waals surface area contributed by atoms with E-state index in [0.29, 0.717) is 5.56 Å². The van der Waals surface area contributed by atoms with Gasteiger partial charge in [-0.25, -0.2) is 8.42 Å². The Morgan fingerprint density at radius 3 is 1.81 bits per heavy atom. The summed E-state index contributed by atoms with van der Waals surface area (Å²) in [5.41, 5.74) is 2.45. The van der Waals surface area contributed by atoms with Gasteiger partial charge in [0.15, 0.2) is 15.6 Å². The molecule has 0 unspecified atom stereocenters. The molecule has 4 heteroatoms. The van der Waals surface area contributed by atoms with Crippen LogP contribution in [0.25, 0.3) is 11.1 Å². The Bertz CT molecular complexity index is 742. The number of benzene rings is 2. The molecule has 0 amide bonds. The number of carbonyl (C=O) groups is 1. The summed E-state index contributed by atoms with van der Waals surface area (Å²) in [6.45, 7) is 2.88. The van der Waals surface area contributed by atoms with Crippen molar-refractivity contribution in [2.75, 3.05) is 6.26 Å². The third-order valence-electron chi connectivity index (χ3n) is 3.73. The molecule has 3 nitrogen and oxygen atoms in total. The molecule has 0 aliphatic rings. The number of hydrogen-bond donors (Lipinski definition) is 0. The van der Waals surface area contributed by atoms with Crippen molar-refractivity contribution in [2.45, 2.75) is 18.6 Å². The van der Waals surface area contributed by atoms with Crippen molar-refractivity contribution >= 4 is 15.6 Å². The molecule has 0 saturated carbocycles. The van der Waals surface area contributed by atoms with E-state index in [0.717, 1.165) is 17.4 Å². The maximum Gasteiger partial charge on any atom is 0.183 e. The highest BCUT2D eigenvalue weighted by Gasteiger charge is 2.38. The van der Waals surface area contributed by atoms with Gasteiger partial charge in [-0.2, -0.15) is 0 Å². The first-order chi connectivity index (χ1) is 9.73. The lowest BCUT2D eigenvalue weighted by Gasteiger charge is -2.20. The largest absolute Gasteiger partial charge is 0.292 e. The Kier molecular flexibility index (Phi) is 4.01. The standard InChI is InChI=1S/C17H18O3S/c1-17(2,21(3,19)20)16(18)15-11-9-14(10-12-15)13-7-5-4-6-8-13/h4-12H,1-3H3. The maximum absolute atomic E-state index is 12.4. The second kappa shape index (κ2) is 5.45. The average molecular weight is 302 g/mol. The second-order valence-corrected chi connectivity index (χ2v) is 8.12. The number of sulfone groups is 1. The van der Waals surface area contributed by atoms with E-state index in [1.807, 2.05) is 42.5 Å². The van der Waals surface area contributed by atoms with Crippen molar-refractivity contribution in [3.63, 3.8) is 0 Å². The van der Waals surface area contributed by atoms with E-state index in [9.17, 15) is 13.2 Å². The van der Waals surface area contributed by atoms with Crippen LogP contribution in [0.15, 0.2) is 54.6 Å². The first-order valence-electron chi connectivity index (χ1n) is 6.63. The molecule has 2 aromatic carbocycles. The maximum atomic E-state index is 12.4. The average Bonchev–Trinajstić information content (AvgIpc) is 2.46. The van der Waals surface area contributed by atoms with Crippen LogP contribution < -0.4 is 0 Å². The zero-order valence-electron chi connectivity index (χ0n) is 12.3. The van der Waals surface area contributed by atoms with E-state index in [1.165, 1.54) is 13.8 Å². The Hall–Kier alpha value is -1.94. The summed E-state index contributed by atoms with van der Waals surface area (Å²) in [6, 6.07) is 16.8. The molecule has 0 radical (unpaired) electrons. The van der Waals surface area contributed by atoms with Gasteiger partial charge in [0.25, 0.3) is 0 Å². The number of ketones is 1. The minimum Gasteiger partial charge on any atom is -0.292 e. The van der Waals surface area contributed by atoms with Crippen molar-refractivity contribution < 1.29 is 13.2 Å². The molecule has 0 saturated heterocycles. The Morgan fingerprint density at radius 1 is 0.857 bits per heavy atom. The number of rotatable bonds is 4. The van der Waals surface area contributed by atoms with E-state index in [-0.39, 0.29) is 5.78 Å². The summed E-state index contributed by atoms with van der Waals surface area (Å²) < 4.78 is 22.1. The van der Waals surface area contributed by atoms with Crippen LogP contribution in [-0.2, 0) is 9.84 Å². The molecule has 2 aromatic rings. The van der Waals surface area contributed by atoms with Crippen LogP contribution in [0.2, 0.25) is 0 Å². The van der Waals surface area contributed by atoms with Crippen molar-refractivity contribution in [1.29, 1.82) is 0 Å². The summed E-state index contributed by atoms with van der Waals surface area (Å²) in [6.07, 6.45) is 1.09. The van der Waals surface area contributed by atoms with Gasteiger partial charge in [-0.05, 0) is 25.0 Å². The number of Topliss-reactive ketones (excluding diaryl/α,β-unsaturated/α-hetero) is 1. The molecule has 0 aliphatic heterocycles. The summed E-state index contributed by atoms with van der Waals surface area (Å²) in [5, 5.41) is 0. The number of carbonyl (C=O) groups excluding carboxylic acids is 1. The molecule has 21 heavy (non-hydrogen) atoms.